The van der Waals surface area contributed by atoms with Crippen LogP contribution in [0.1, 0.15) is 20.3 Å². The number of esters is 1. The van der Waals surface area contributed by atoms with E-state index < -0.39 is 0 Å². The van der Waals surface area contributed by atoms with Gasteiger partial charge >= 0.3 is 5.97 Å². The number of rotatable bonds is 2. The lowest BCUT2D eigenvalue weighted by Gasteiger charge is -2.17. The van der Waals surface area contributed by atoms with Gasteiger partial charge in [0.1, 0.15) is 0 Å². The second kappa shape index (κ2) is 2.42. The van der Waals surface area contributed by atoms with Crippen molar-refractivity contribution in [1.82, 2.24) is 0 Å². The van der Waals surface area contributed by atoms with E-state index in [4.69, 9.17) is 10.5 Å². The number of nitrogens with zero attached hydrogens (tertiary/aromatic N) is 1. The van der Waals surface area contributed by atoms with E-state index in [1.807, 2.05) is 13.1 Å². The summed E-state index contributed by atoms with van der Waals surface area (Å²) in [5.41, 5.74) is 6.98. The number of aliphatic imine (C=N–C) groups is 1. The fourth-order valence-corrected chi connectivity index (χ4v) is 4.88. The molecule has 0 aromatic heterocycles. The van der Waals surface area contributed by atoms with Crippen LogP contribution in [0.25, 0.3) is 0 Å². The lowest BCUT2D eigenvalue weighted by molar-refractivity contribution is -0.149. The molecule has 0 saturated heterocycles. The summed E-state index contributed by atoms with van der Waals surface area (Å²) in [7, 11) is 0. The molecule has 0 aromatic rings. The van der Waals surface area contributed by atoms with Crippen LogP contribution >= 0.6 is 0 Å². The average molecular weight is 232 g/mol. The zero-order valence-corrected chi connectivity index (χ0v) is 10.1. The molecule has 5 aliphatic rings. The summed E-state index contributed by atoms with van der Waals surface area (Å²) in [4.78, 5) is 16.4. The van der Waals surface area contributed by atoms with Crippen molar-refractivity contribution in [1.29, 1.82) is 0 Å². The van der Waals surface area contributed by atoms with Gasteiger partial charge in [0.25, 0.3) is 0 Å². The molecular weight excluding hydrogens is 216 g/mol. The number of nitrogens with two attached hydrogens (primary N) is 1. The first-order valence-corrected chi connectivity index (χ1v) is 6.30. The van der Waals surface area contributed by atoms with Crippen LogP contribution in [0.5, 0.6) is 0 Å². The topological polar surface area (TPSA) is 64.7 Å². The van der Waals surface area contributed by atoms with Gasteiger partial charge in [-0.25, -0.2) is 4.99 Å². The summed E-state index contributed by atoms with van der Waals surface area (Å²) in [5.74, 6) is 2.14. The van der Waals surface area contributed by atoms with Crippen LogP contribution in [0.4, 0.5) is 0 Å². The van der Waals surface area contributed by atoms with Gasteiger partial charge in [0.15, 0.2) is 0 Å². The van der Waals surface area contributed by atoms with E-state index in [1.54, 1.807) is 0 Å². The van der Waals surface area contributed by atoms with Crippen LogP contribution in [-0.2, 0) is 9.53 Å². The minimum absolute atomic E-state index is 0.00590. The Morgan fingerprint density at radius 2 is 2.47 bits per heavy atom. The highest BCUT2D eigenvalue weighted by Gasteiger charge is 3.03. The number of carbonyl (C=O) groups is 1. The van der Waals surface area contributed by atoms with Gasteiger partial charge in [-0.2, -0.15) is 0 Å². The lowest BCUT2D eigenvalue weighted by atomic mass is 9.89. The molecule has 5 rings (SSSR count). The van der Waals surface area contributed by atoms with Crippen molar-refractivity contribution < 1.29 is 9.53 Å². The van der Waals surface area contributed by atoms with E-state index in [0.29, 0.717) is 30.2 Å². The highest BCUT2D eigenvalue weighted by molar-refractivity contribution is 5.95. The van der Waals surface area contributed by atoms with Gasteiger partial charge in [-0.1, -0.05) is 6.92 Å². The third-order valence-electron chi connectivity index (χ3n) is 5.51. The largest absolute Gasteiger partial charge is 0.466 e. The van der Waals surface area contributed by atoms with Crippen LogP contribution < -0.4 is 5.73 Å². The second-order valence-electron chi connectivity index (χ2n) is 5.81. The molecule has 4 fully saturated rings. The number of hydrogen-bond donors (Lipinski definition) is 1. The first kappa shape index (κ1) is 9.68. The smallest absolute Gasteiger partial charge is 0.313 e. The van der Waals surface area contributed by atoms with Gasteiger partial charge in [-0.05, 0) is 30.3 Å². The number of amidine groups is 1. The summed E-state index contributed by atoms with van der Waals surface area (Å²) >= 11 is 0. The molecule has 2 bridgehead atoms. The van der Waals surface area contributed by atoms with Gasteiger partial charge in [-0.15, -0.1) is 0 Å². The minimum atomic E-state index is -0.195. The highest BCUT2D eigenvalue weighted by Crippen LogP contribution is 3.01. The zero-order chi connectivity index (χ0) is 12.0. The molecule has 1 aliphatic heterocycles. The first-order chi connectivity index (χ1) is 8.10. The molecule has 1 unspecified atom stereocenters. The van der Waals surface area contributed by atoms with E-state index in [9.17, 15) is 4.79 Å². The Balaban J connectivity index is 1.71. The molecule has 0 aromatic carbocycles. The number of allylic oxidation sites excluding steroid dienone is 1. The van der Waals surface area contributed by atoms with E-state index in [-0.39, 0.29) is 16.8 Å². The van der Waals surface area contributed by atoms with Gasteiger partial charge in [0, 0.05) is 18.0 Å². The van der Waals surface area contributed by atoms with Gasteiger partial charge in [-0.3, -0.25) is 4.79 Å². The van der Waals surface area contributed by atoms with E-state index >= 15 is 0 Å². The molecule has 1 heterocycles. The highest BCUT2D eigenvalue weighted by atomic mass is 16.5. The van der Waals surface area contributed by atoms with Crippen molar-refractivity contribution in [3.63, 3.8) is 0 Å². The van der Waals surface area contributed by atoms with Crippen molar-refractivity contribution in [3.05, 3.63) is 11.8 Å². The average Bonchev–Trinajstić information content (AvgIpc) is 3.08. The number of carbonyl (C=O) groups excluding carboxylic acids is 1. The molecule has 17 heavy (non-hydrogen) atoms. The van der Waals surface area contributed by atoms with Crippen LogP contribution in [-0.4, -0.2) is 18.4 Å². The van der Waals surface area contributed by atoms with E-state index in [2.05, 4.69) is 11.9 Å². The van der Waals surface area contributed by atoms with Crippen LogP contribution in [0, 0.1) is 28.6 Å². The van der Waals surface area contributed by atoms with Crippen molar-refractivity contribution in [3.8, 4) is 0 Å². The molecule has 0 amide bonds. The Kier molecular flexibility index (Phi) is 1.38. The predicted octanol–water partition coefficient (Wildman–Crippen LogP) is 1.08. The fraction of sp³-hybridized carbons (Fsp3) is 0.692. The van der Waals surface area contributed by atoms with Crippen LogP contribution in [0.15, 0.2) is 16.8 Å². The molecule has 2 N–H and O–H groups in total. The molecule has 0 spiro atoms. The summed E-state index contributed by atoms with van der Waals surface area (Å²) in [6, 6.07) is 0. The Morgan fingerprint density at radius 3 is 3.18 bits per heavy atom. The van der Waals surface area contributed by atoms with Crippen molar-refractivity contribution in [2.24, 2.45) is 39.3 Å². The Hall–Kier alpha value is -1.32. The van der Waals surface area contributed by atoms with Gasteiger partial charge < -0.3 is 10.5 Å². The monoisotopic (exact) mass is 232 g/mol. The predicted molar refractivity (Wildman–Crippen MR) is 62.0 cm³/mol. The molecule has 4 heteroatoms. The fourth-order valence-electron chi connectivity index (χ4n) is 4.88. The summed E-state index contributed by atoms with van der Waals surface area (Å²) < 4.78 is 5.25. The summed E-state index contributed by atoms with van der Waals surface area (Å²) in [6.07, 6.45) is 2.73. The van der Waals surface area contributed by atoms with Gasteiger partial charge in [0.05, 0.1) is 17.9 Å². The Bertz CT molecular complexity index is 510. The quantitative estimate of drug-likeness (QED) is 0.724. The maximum absolute atomic E-state index is 12.1. The van der Waals surface area contributed by atoms with Crippen molar-refractivity contribution in [2.75, 3.05) is 6.61 Å². The maximum atomic E-state index is 12.1. The standard InChI is InChI=1S/C13H16N2O2/c1-3-17-11(16)13-9-6-4-8(14)15-5-7(6)12(13,2)10(9)13/h5-6,9-10H,3-4H2,1-2H3,(H2,14,15)/t6?,9-,10-,12+,13+/m1/s1. The third-order valence-corrected chi connectivity index (χ3v) is 5.51. The van der Waals surface area contributed by atoms with Crippen LogP contribution in [0.2, 0.25) is 0 Å². The summed E-state index contributed by atoms with van der Waals surface area (Å²) in [6.45, 7) is 4.53. The molecule has 4 nitrogen and oxygen atoms in total. The molecule has 5 atom stereocenters. The Morgan fingerprint density at radius 1 is 1.71 bits per heavy atom. The maximum Gasteiger partial charge on any atom is 0.313 e. The third kappa shape index (κ3) is 0.709. The molecule has 4 aliphatic carbocycles. The van der Waals surface area contributed by atoms with E-state index in [0.717, 1.165) is 6.42 Å². The van der Waals surface area contributed by atoms with E-state index in [1.165, 1.54) is 5.57 Å². The molecule has 0 radical (unpaired) electrons. The summed E-state index contributed by atoms with van der Waals surface area (Å²) in [5, 5.41) is 0. The molecule has 90 valence electrons. The lowest BCUT2D eigenvalue weighted by Crippen LogP contribution is -2.22. The second-order valence-corrected chi connectivity index (χ2v) is 5.81. The molecular formula is C13H16N2O2. The first-order valence-electron chi connectivity index (χ1n) is 6.30. The minimum Gasteiger partial charge on any atom is -0.466 e. The number of ether oxygens (including phenoxy) is 1. The normalized spacial score (nSPS) is 52.0. The van der Waals surface area contributed by atoms with Gasteiger partial charge in [0.2, 0.25) is 0 Å². The molecule has 4 saturated carbocycles. The SMILES string of the molecule is CCOC(=O)[C@@]12[C@@H]3C4CC(N)=NC=C4[C@@]1(C)[C@@H]32. The van der Waals surface area contributed by atoms with Crippen molar-refractivity contribution >= 4 is 11.8 Å². The zero-order valence-electron chi connectivity index (χ0n) is 10.1. The van der Waals surface area contributed by atoms with Crippen molar-refractivity contribution in [2.45, 2.75) is 20.3 Å². The Labute approximate surface area is 99.9 Å². The number of hydrogen-bond acceptors (Lipinski definition) is 4. The van der Waals surface area contributed by atoms with Crippen LogP contribution in [0.3, 0.4) is 0 Å².